The molecule has 0 atom stereocenters. The number of carboxylic acid groups (broad SMARTS) is 1. The Balaban J connectivity index is 0.000000386. The van der Waals surface area contributed by atoms with Crippen molar-refractivity contribution in [1.82, 2.24) is 4.98 Å². The average Bonchev–Trinajstić information content (AvgIpc) is 2.29. The minimum atomic E-state index is -0.946. The summed E-state index contributed by atoms with van der Waals surface area (Å²) in [7, 11) is 0. The van der Waals surface area contributed by atoms with Crippen molar-refractivity contribution >= 4 is 16.9 Å². The van der Waals surface area contributed by atoms with Crippen LogP contribution in [-0.2, 0) is 0 Å². The first kappa shape index (κ1) is 11.7. The van der Waals surface area contributed by atoms with E-state index in [9.17, 15) is 4.79 Å². The molecule has 0 aliphatic rings. The van der Waals surface area contributed by atoms with Crippen LogP contribution in [0.5, 0.6) is 0 Å². The van der Waals surface area contributed by atoms with Gasteiger partial charge in [-0.1, -0.05) is 18.2 Å². The molecule has 0 bridgehead atoms. The summed E-state index contributed by atoms with van der Waals surface area (Å²) < 4.78 is 0. The molecule has 0 fully saturated rings. The Morgan fingerprint density at radius 2 is 2.06 bits per heavy atom. The second-order valence-corrected chi connectivity index (χ2v) is 2.95. The van der Waals surface area contributed by atoms with E-state index in [1.165, 1.54) is 13.1 Å². The number of nitrogens with zero attached hydrogens (tertiary/aromatic N) is 2. The number of fused-ring (bicyclic) bond motifs is 1. The minimum absolute atomic E-state index is 0.221. The van der Waals surface area contributed by atoms with E-state index < -0.39 is 5.97 Å². The van der Waals surface area contributed by atoms with E-state index in [0.29, 0.717) is 0 Å². The fourth-order valence-corrected chi connectivity index (χ4v) is 1.19. The van der Waals surface area contributed by atoms with Gasteiger partial charge in [0.2, 0.25) is 0 Å². The number of para-hydroxylation sites is 1. The van der Waals surface area contributed by atoms with Crippen LogP contribution in [0, 0.1) is 11.3 Å². The van der Waals surface area contributed by atoms with Crippen LogP contribution in [0.2, 0.25) is 0 Å². The smallest absolute Gasteiger partial charge is 0.337 e. The van der Waals surface area contributed by atoms with Crippen LogP contribution in [0.25, 0.3) is 10.9 Å². The Morgan fingerprint density at radius 3 is 2.69 bits per heavy atom. The molecule has 0 aliphatic carbocycles. The molecule has 1 aromatic heterocycles. The van der Waals surface area contributed by atoms with E-state index in [2.05, 4.69) is 4.98 Å². The van der Waals surface area contributed by atoms with Gasteiger partial charge in [0, 0.05) is 18.5 Å². The molecule has 0 saturated carbocycles. The highest BCUT2D eigenvalue weighted by atomic mass is 16.4. The van der Waals surface area contributed by atoms with Gasteiger partial charge >= 0.3 is 5.97 Å². The molecule has 0 unspecified atom stereocenters. The maximum absolute atomic E-state index is 10.6. The van der Waals surface area contributed by atoms with Crippen molar-refractivity contribution in [3.63, 3.8) is 0 Å². The predicted molar refractivity (Wildman–Crippen MR) is 60.0 cm³/mol. The molecule has 2 aromatic rings. The second-order valence-electron chi connectivity index (χ2n) is 2.95. The van der Waals surface area contributed by atoms with Crippen LogP contribution in [0.3, 0.4) is 0 Å². The highest BCUT2D eigenvalue weighted by Crippen LogP contribution is 2.12. The first-order chi connectivity index (χ1) is 7.69. The number of aromatic nitrogens is 1. The Labute approximate surface area is 92.8 Å². The number of nitriles is 1. The number of carboxylic acids is 1. The van der Waals surface area contributed by atoms with Crippen molar-refractivity contribution in [1.29, 1.82) is 5.26 Å². The lowest BCUT2D eigenvalue weighted by Crippen LogP contribution is -1.96. The number of benzene rings is 1. The molecule has 4 heteroatoms. The zero-order chi connectivity index (χ0) is 12.0. The summed E-state index contributed by atoms with van der Waals surface area (Å²) in [6.07, 6.45) is 1.37. The summed E-state index contributed by atoms with van der Waals surface area (Å²) >= 11 is 0. The van der Waals surface area contributed by atoms with E-state index >= 15 is 0 Å². The third-order valence-corrected chi connectivity index (χ3v) is 1.84. The maximum Gasteiger partial charge on any atom is 0.337 e. The van der Waals surface area contributed by atoms with Crippen LogP contribution in [-0.4, -0.2) is 16.1 Å². The summed E-state index contributed by atoms with van der Waals surface area (Å²) in [5.74, 6) is -0.946. The van der Waals surface area contributed by atoms with Crippen LogP contribution in [0.1, 0.15) is 17.3 Å². The summed E-state index contributed by atoms with van der Waals surface area (Å²) in [4.78, 5) is 14.6. The van der Waals surface area contributed by atoms with Gasteiger partial charge in [0.05, 0.1) is 17.1 Å². The lowest BCUT2D eigenvalue weighted by molar-refractivity contribution is 0.0696. The van der Waals surface area contributed by atoms with Gasteiger partial charge in [0.25, 0.3) is 0 Å². The van der Waals surface area contributed by atoms with Crippen molar-refractivity contribution in [2.75, 3.05) is 0 Å². The average molecular weight is 214 g/mol. The summed E-state index contributed by atoms with van der Waals surface area (Å²) in [5.41, 5.74) is 1.03. The van der Waals surface area contributed by atoms with Gasteiger partial charge in [-0.2, -0.15) is 5.26 Å². The number of aromatic carboxylic acids is 1. The standard InChI is InChI=1S/C10H7NO2.C2H3N/c12-10(13)8-5-7-3-1-2-4-9(7)11-6-8;1-2-3/h1-6H,(H,12,13);1H3. The third-order valence-electron chi connectivity index (χ3n) is 1.84. The molecular formula is C12H10N2O2. The van der Waals surface area contributed by atoms with Crippen molar-refractivity contribution in [2.45, 2.75) is 6.92 Å². The molecule has 1 aromatic carbocycles. The van der Waals surface area contributed by atoms with Gasteiger partial charge in [-0.05, 0) is 12.1 Å². The van der Waals surface area contributed by atoms with E-state index in [4.69, 9.17) is 10.4 Å². The Bertz CT molecular complexity index is 544. The van der Waals surface area contributed by atoms with Gasteiger partial charge in [0.15, 0.2) is 0 Å². The molecule has 2 rings (SSSR count). The highest BCUT2D eigenvalue weighted by molar-refractivity contribution is 5.92. The molecule has 0 amide bonds. The number of pyridine rings is 1. The molecular weight excluding hydrogens is 204 g/mol. The molecule has 0 aliphatic heterocycles. The quantitative estimate of drug-likeness (QED) is 0.791. The van der Waals surface area contributed by atoms with E-state index in [1.54, 1.807) is 12.1 Å². The Kier molecular flexibility index (Phi) is 3.98. The summed E-state index contributed by atoms with van der Waals surface area (Å²) in [6, 6.07) is 10.8. The normalized spacial score (nSPS) is 8.75. The number of hydrogen-bond acceptors (Lipinski definition) is 3. The molecule has 4 nitrogen and oxygen atoms in total. The van der Waals surface area contributed by atoms with E-state index in [-0.39, 0.29) is 5.56 Å². The molecule has 16 heavy (non-hydrogen) atoms. The van der Waals surface area contributed by atoms with Gasteiger partial charge in [-0.25, -0.2) is 4.79 Å². The first-order valence-corrected chi connectivity index (χ1v) is 4.58. The van der Waals surface area contributed by atoms with Crippen LogP contribution < -0.4 is 0 Å². The van der Waals surface area contributed by atoms with Crippen LogP contribution >= 0.6 is 0 Å². The van der Waals surface area contributed by atoms with Crippen LogP contribution in [0.4, 0.5) is 0 Å². The van der Waals surface area contributed by atoms with Crippen molar-refractivity contribution in [3.8, 4) is 6.07 Å². The van der Waals surface area contributed by atoms with Gasteiger partial charge in [0.1, 0.15) is 0 Å². The zero-order valence-corrected chi connectivity index (χ0v) is 8.71. The van der Waals surface area contributed by atoms with Crippen molar-refractivity contribution in [3.05, 3.63) is 42.1 Å². The fraction of sp³-hybridized carbons (Fsp3) is 0.0833. The lowest BCUT2D eigenvalue weighted by Gasteiger charge is -1.97. The number of hydrogen-bond donors (Lipinski definition) is 1. The van der Waals surface area contributed by atoms with Crippen molar-refractivity contribution in [2.24, 2.45) is 0 Å². The highest BCUT2D eigenvalue weighted by Gasteiger charge is 2.03. The summed E-state index contributed by atoms with van der Waals surface area (Å²) in [5, 5.41) is 16.9. The SMILES string of the molecule is CC#N.O=C(O)c1cnc2ccccc2c1. The van der Waals surface area contributed by atoms with Crippen LogP contribution in [0.15, 0.2) is 36.5 Å². The van der Waals surface area contributed by atoms with Gasteiger partial charge in [-0.3, -0.25) is 4.98 Å². The van der Waals surface area contributed by atoms with Gasteiger partial charge in [-0.15, -0.1) is 0 Å². The molecule has 0 spiro atoms. The molecule has 0 saturated heterocycles. The summed E-state index contributed by atoms with van der Waals surface area (Å²) in [6.45, 7) is 1.43. The Morgan fingerprint density at radius 1 is 1.44 bits per heavy atom. The van der Waals surface area contributed by atoms with Gasteiger partial charge < -0.3 is 5.11 Å². The van der Waals surface area contributed by atoms with E-state index in [1.807, 2.05) is 24.3 Å². The maximum atomic E-state index is 10.6. The first-order valence-electron chi connectivity index (χ1n) is 4.58. The monoisotopic (exact) mass is 214 g/mol. The lowest BCUT2D eigenvalue weighted by atomic mass is 10.2. The Hall–Kier alpha value is -2.41. The fourth-order valence-electron chi connectivity index (χ4n) is 1.19. The molecule has 0 radical (unpaired) electrons. The van der Waals surface area contributed by atoms with Crippen molar-refractivity contribution < 1.29 is 9.90 Å². The molecule has 1 N–H and O–H groups in total. The predicted octanol–water partition coefficient (Wildman–Crippen LogP) is 2.46. The third kappa shape index (κ3) is 2.79. The minimum Gasteiger partial charge on any atom is -0.478 e. The molecule has 80 valence electrons. The number of rotatable bonds is 1. The topological polar surface area (TPSA) is 74.0 Å². The largest absolute Gasteiger partial charge is 0.478 e. The number of carbonyl (C=O) groups is 1. The van der Waals surface area contributed by atoms with E-state index in [0.717, 1.165) is 10.9 Å². The second kappa shape index (κ2) is 5.47. The zero-order valence-electron chi connectivity index (χ0n) is 8.71. The molecule has 1 heterocycles.